The average Bonchev–Trinajstić information content (AvgIpc) is 2.78. The summed E-state index contributed by atoms with van der Waals surface area (Å²) >= 11 is 0. The van der Waals surface area contributed by atoms with Crippen molar-refractivity contribution in [1.82, 2.24) is 4.90 Å². The van der Waals surface area contributed by atoms with Crippen LogP contribution in [0.2, 0.25) is 0 Å². The third-order valence-corrected chi connectivity index (χ3v) is 6.98. The molecular formula is C27H36FNO. The van der Waals surface area contributed by atoms with Crippen molar-refractivity contribution in [3.05, 3.63) is 65.0 Å². The van der Waals surface area contributed by atoms with E-state index in [-0.39, 0.29) is 5.82 Å². The summed E-state index contributed by atoms with van der Waals surface area (Å²) in [5, 5.41) is 0. The normalized spacial score (nSPS) is 21.9. The van der Waals surface area contributed by atoms with E-state index in [1.165, 1.54) is 68.2 Å². The first-order valence-electron chi connectivity index (χ1n) is 12.0. The standard InChI is InChI=1S/C27H36FNO/c1-2-3-6-16-29-17-15-27(22-9-12-25(28)13-10-22)24(19-29)20-30-26-14-11-21-7-4-5-8-23(21)18-26/h9-14,18,24,27H,2-8,15-17,19-20H2,1H3. The smallest absolute Gasteiger partial charge is 0.123 e. The highest BCUT2D eigenvalue weighted by molar-refractivity contribution is 5.37. The maximum Gasteiger partial charge on any atom is 0.123 e. The fourth-order valence-corrected chi connectivity index (χ4v) is 5.22. The molecule has 2 aromatic rings. The molecule has 0 aromatic heterocycles. The first kappa shape index (κ1) is 21.4. The Kier molecular flexibility index (Phi) is 7.43. The summed E-state index contributed by atoms with van der Waals surface area (Å²) in [6.07, 6.45) is 9.94. The number of hydrogen-bond donors (Lipinski definition) is 0. The zero-order valence-electron chi connectivity index (χ0n) is 18.4. The SMILES string of the molecule is CCCCCN1CCC(c2ccc(F)cc2)C(COc2ccc3c(c2)CCCC3)C1. The van der Waals surface area contributed by atoms with E-state index < -0.39 is 0 Å². The molecule has 2 nitrogen and oxygen atoms in total. The van der Waals surface area contributed by atoms with E-state index in [1.807, 2.05) is 12.1 Å². The largest absolute Gasteiger partial charge is 0.493 e. The minimum atomic E-state index is -0.155. The summed E-state index contributed by atoms with van der Waals surface area (Å²) in [6, 6.07) is 13.8. The van der Waals surface area contributed by atoms with Crippen molar-refractivity contribution in [1.29, 1.82) is 0 Å². The van der Waals surface area contributed by atoms with Gasteiger partial charge in [-0.1, -0.05) is 38.0 Å². The molecule has 30 heavy (non-hydrogen) atoms. The number of rotatable bonds is 8. The van der Waals surface area contributed by atoms with E-state index in [0.29, 0.717) is 11.8 Å². The fourth-order valence-electron chi connectivity index (χ4n) is 5.22. The van der Waals surface area contributed by atoms with Gasteiger partial charge in [0.05, 0.1) is 6.61 Å². The number of ether oxygens (including phenoxy) is 1. The van der Waals surface area contributed by atoms with Gasteiger partial charge in [0.1, 0.15) is 11.6 Å². The molecule has 1 aliphatic heterocycles. The summed E-state index contributed by atoms with van der Waals surface area (Å²) in [5.74, 6) is 1.72. The van der Waals surface area contributed by atoms with Gasteiger partial charge in [0, 0.05) is 12.5 Å². The average molecular weight is 410 g/mol. The third-order valence-electron chi connectivity index (χ3n) is 6.98. The van der Waals surface area contributed by atoms with Crippen molar-refractivity contribution < 1.29 is 9.13 Å². The van der Waals surface area contributed by atoms with E-state index in [1.54, 1.807) is 12.1 Å². The number of nitrogens with zero attached hydrogens (tertiary/aromatic N) is 1. The molecule has 1 aliphatic carbocycles. The Morgan fingerprint density at radius 3 is 2.60 bits per heavy atom. The van der Waals surface area contributed by atoms with Crippen molar-refractivity contribution >= 4 is 0 Å². The number of hydrogen-bond acceptors (Lipinski definition) is 2. The minimum absolute atomic E-state index is 0.155. The van der Waals surface area contributed by atoms with E-state index in [2.05, 4.69) is 30.0 Å². The maximum absolute atomic E-state index is 13.5. The predicted octanol–water partition coefficient (Wildman–Crippen LogP) is 6.38. The summed E-state index contributed by atoms with van der Waals surface area (Å²) in [4.78, 5) is 2.61. The van der Waals surface area contributed by atoms with Gasteiger partial charge in [-0.2, -0.15) is 0 Å². The zero-order valence-corrected chi connectivity index (χ0v) is 18.4. The van der Waals surface area contributed by atoms with Gasteiger partial charge in [0.25, 0.3) is 0 Å². The van der Waals surface area contributed by atoms with Crippen LogP contribution in [-0.2, 0) is 12.8 Å². The topological polar surface area (TPSA) is 12.5 Å². The molecule has 0 bridgehead atoms. The van der Waals surface area contributed by atoms with Crippen molar-refractivity contribution in [2.75, 3.05) is 26.2 Å². The van der Waals surface area contributed by atoms with Gasteiger partial charge in [-0.15, -0.1) is 0 Å². The highest BCUT2D eigenvalue weighted by atomic mass is 19.1. The molecule has 0 N–H and O–H groups in total. The Labute approximate surface area is 181 Å². The van der Waals surface area contributed by atoms with E-state index >= 15 is 0 Å². The second-order valence-corrected chi connectivity index (χ2v) is 9.16. The highest BCUT2D eigenvalue weighted by Gasteiger charge is 2.31. The predicted molar refractivity (Wildman–Crippen MR) is 122 cm³/mol. The number of piperidine rings is 1. The second kappa shape index (κ2) is 10.4. The van der Waals surface area contributed by atoms with Crippen LogP contribution in [-0.4, -0.2) is 31.1 Å². The molecule has 0 amide bonds. The van der Waals surface area contributed by atoms with Crippen LogP contribution in [0.4, 0.5) is 4.39 Å². The molecule has 4 rings (SSSR count). The molecule has 0 saturated carbocycles. The second-order valence-electron chi connectivity index (χ2n) is 9.16. The van der Waals surface area contributed by atoms with E-state index in [9.17, 15) is 4.39 Å². The number of unbranched alkanes of at least 4 members (excludes halogenated alkanes) is 2. The monoisotopic (exact) mass is 409 g/mol. The van der Waals surface area contributed by atoms with Crippen molar-refractivity contribution in [3.63, 3.8) is 0 Å². The molecule has 162 valence electrons. The molecule has 0 radical (unpaired) electrons. The van der Waals surface area contributed by atoms with Gasteiger partial charge in [-0.3, -0.25) is 0 Å². The molecule has 2 aliphatic rings. The molecular weight excluding hydrogens is 373 g/mol. The Hall–Kier alpha value is -1.87. The van der Waals surface area contributed by atoms with Gasteiger partial charge in [-0.05, 0) is 98.5 Å². The van der Waals surface area contributed by atoms with Crippen LogP contribution in [0.5, 0.6) is 5.75 Å². The maximum atomic E-state index is 13.5. The number of likely N-dealkylation sites (tertiary alicyclic amines) is 1. The number of halogens is 1. The lowest BCUT2D eigenvalue weighted by atomic mass is 9.80. The zero-order chi connectivity index (χ0) is 20.8. The van der Waals surface area contributed by atoms with Crippen LogP contribution in [0.15, 0.2) is 42.5 Å². The molecule has 1 fully saturated rings. The van der Waals surface area contributed by atoms with Crippen LogP contribution >= 0.6 is 0 Å². The van der Waals surface area contributed by atoms with E-state index in [0.717, 1.165) is 31.9 Å². The van der Waals surface area contributed by atoms with Gasteiger partial charge in [0.15, 0.2) is 0 Å². The quantitative estimate of drug-likeness (QED) is 0.469. The summed E-state index contributed by atoms with van der Waals surface area (Å²) in [6.45, 7) is 6.36. The number of fused-ring (bicyclic) bond motifs is 1. The third kappa shape index (κ3) is 5.43. The first-order chi connectivity index (χ1) is 14.7. The van der Waals surface area contributed by atoms with Crippen molar-refractivity contribution in [2.45, 2.75) is 64.2 Å². The van der Waals surface area contributed by atoms with Crippen molar-refractivity contribution in [2.24, 2.45) is 5.92 Å². The Bertz CT molecular complexity index is 803. The summed E-state index contributed by atoms with van der Waals surface area (Å²) in [5.41, 5.74) is 4.22. The summed E-state index contributed by atoms with van der Waals surface area (Å²) < 4.78 is 19.8. The fraction of sp³-hybridized carbons (Fsp3) is 0.556. The molecule has 2 unspecified atom stereocenters. The number of benzene rings is 2. The van der Waals surface area contributed by atoms with Crippen LogP contribution < -0.4 is 4.74 Å². The Balaban J connectivity index is 1.44. The van der Waals surface area contributed by atoms with Gasteiger partial charge >= 0.3 is 0 Å². The lowest BCUT2D eigenvalue weighted by Crippen LogP contribution is -2.42. The van der Waals surface area contributed by atoms with Gasteiger partial charge in [0.2, 0.25) is 0 Å². The van der Waals surface area contributed by atoms with Crippen LogP contribution in [0.25, 0.3) is 0 Å². The summed E-state index contributed by atoms with van der Waals surface area (Å²) in [7, 11) is 0. The Morgan fingerprint density at radius 2 is 1.80 bits per heavy atom. The van der Waals surface area contributed by atoms with Gasteiger partial charge in [-0.25, -0.2) is 4.39 Å². The molecule has 2 atom stereocenters. The molecule has 3 heteroatoms. The molecule has 2 aromatic carbocycles. The van der Waals surface area contributed by atoms with E-state index in [4.69, 9.17) is 4.74 Å². The van der Waals surface area contributed by atoms with Crippen molar-refractivity contribution in [3.8, 4) is 5.75 Å². The van der Waals surface area contributed by atoms with Crippen LogP contribution in [0.3, 0.4) is 0 Å². The molecule has 1 heterocycles. The molecule has 0 spiro atoms. The lowest BCUT2D eigenvalue weighted by molar-refractivity contribution is 0.109. The lowest BCUT2D eigenvalue weighted by Gasteiger charge is -2.39. The number of aryl methyl sites for hydroxylation is 2. The van der Waals surface area contributed by atoms with Gasteiger partial charge < -0.3 is 9.64 Å². The molecule has 1 saturated heterocycles. The van der Waals surface area contributed by atoms with Crippen LogP contribution in [0.1, 0.15) is 68.1 Å². The minimum Gasteiger partial charge on any atom is -0.493 e. The first-order valence-corrected chi connectivity index (χ1v) is 12.0. The van der Waals surface area contributed by atoms with Crippen LogP contribution in [0, 0.1) is 11.7 Å². The Morgan fingerprint density at radius 1 is 1.00 bits per heavy atom. The highest BCUT2D eigenvalue weighted by Crippen LogP contribution is 2.34.